The Morgan fingerprint density at radius 1 is 1.07 bits per heavy atom. The number of hydrogen-bond acceptors (Lipinski definition) is 7. The molecule has 0 saturated heterocycles. The first-order valence-electron chi connectivity index (χ1n) is 15.5. The number of nitriles is 2. The van der Waals surface area contributed by atoms with E-state index in [9.17, 15) is 20.4 Å². The third-order valence-electron chi connectivity index (χ3n) is 11.8. The smallest absolute Gasteiger partial charge is 0.291 e. The standard InChI is InChI=1S/C35H41N5O3/c1-20(39-40-32(38)26(18-36)31(27(19-37)33(40)42)21-5-8-24(43-4)9-6-21)28-11-12-29-25-10-7-22-17-23(41)13-15-34(22,2)30(25)14-16-35(28,29)3/h5-9,23,25,28-30,41H,10-17,38H2,1-4H3/b39-20+/t23-,25-,28+,29-,30-,34-,35+/m0/s1. The second kappa shape index (κ2) is 10.7. The molecule has 7 atom stereocenters. The molecule has 1 aromatic heterocycles. The highest BCUT2D eigenvalue weighted by Crippen LogP contribution is 2.66. The minimum Gasteiger partial charge on any atom is -0.497 e. The predicted molar refractivity (Wildman–Crippen MR) is 166 cm³/mol. The van der Waals surface area contributed by atoms with Gasteiger partial charge in [-0.1, -0.05) is 37.6 Å². The quantitative estimate of drug-likeness (QED) is 0.336. The second-order valence-corrected chi connectivity index (χ2v) is 13.7. The molecule has 4 aliphatic carbocycles. The highest BCUT2D eigenvalue weighted by Gasteiger charge is 2.59. The Balaban J connectivity index is 1.35. The number of aliphatic hydroxyl groups is 1. The van der Waals surface area contributed by atoms with Crippen LogP contribution in [0.25, 0.3) is 11.1 Å². The Kier molecular flexibility index (Phi) is 7.26. The van der Waals surface area contributed by atoms with E-state index < -0.39 is 5.56 Å². The number of nitrogens with zero attached hydrogens (tertiary/aromatic N) is 4. The van der Waals surface area contributed by atoms with Crippen LogP contribution in [0.4, 0.5) is 5.82 Å². The number of nitrogen functional groups attached to an aromatic ring is 1. The van der Waals surface area contributed by atoms with Crippen LogP contribution in [0.15, 0.2) is 45.8 Å². The third kappa shape index (κ3) is 4.42. The van der Waals surface area contributed by atoms with Crippen molar-refractivity contribution in [3.8, 4) is 29.0 Å². The van der Waals surface area contributed by atoms with Gasteiger partial charge in [-0.05, 0) is 105 Å². The van der Waals surface area contributed by atoms with Crippen LogP contribution in [0.5, 0.6) is 5.75 Å². The molecular formula is C35H41N5O3. The van der Waals surface area contributed by atoms with Crippen molar-refractivity contribution in [3.05, 3.63) is 57.4 Å². The molecule has 0 spiro atoms. The minimum absolute atomic E-state index is 0.0438. The number of ether oxygens (including phenoxy) is 1. The number of aromatic nitrogens is 1. The van der Waals surface area contributed by atoms with E-state index in [-0.39, 0.29) is 45.4 Å². The fourth-order valence-corrected chi connectivity index (χ4v) is 9.60. The lowest BCUT2D eigenvalue weighted by Crippen LogP contribution is -2.51. The van der Waals surface area contributed by atoms with Crippen molar-refractivity contribution in [2.45, 2.75) is 78.2 Å². The number of pyridine rings is 1. The van der Waals surface area contributed by atoms with Crippen molar-refractivity contribution >= 4 is 11.5 Å². The Hall–Kier alpha value is -3.88. The number of nitrogens with two attached hydrogens (primary N) is 1. The first-order valence-corrected chi connectivity index (χ1v) is 15.5. The van der Waals surface area contributed by atoms with Crippen LogP contribution in [-0.4, -0.2) is 28.7 Å². The van der Waals surface area contributed by atoms with Gasteiger partial charge in [0.25, 0.3) is 5.56 Å². The monoisotopic (exact) mass is 579 g/mol. The number of anilines is 1. The molecule has 8 heteroatoms. The van der Waals surface area contributed by atoms with Crippen molar-refractivity contribution in [2.75, 3.05) is 12.8 Å². The molecule has 6 rings (SSSR count). The highest BCUT2D eigenvalue weighted by molar-refractivity contribution is 5.86. The van der Waals surface area contributed by atoms with E-state index in [1.54, 1.807) is 31.4 Å². The summed E-state index contributed by atoms with van der Waals surface area (Å²) in [6, 6.07) is 11.0. The molecule has 224 valence electrons. The van der Waals surface area contributed by atoms with Gasteiger partial charge in [0.15, 0.2) is 0 Å². The summed E-state index contributed by atoms with van der Waals surface area (Å²) in [7, 11) is 1.56. The van der Waals surface area contributed by atoms with E-state index in [0.717, 1.165) is 61.8 Å². The molecule has 4 aliphatic rings. The van der Waals surface area contributed by atoms with Gasteiger partial charge in [-0.15, -0.1) is 0 Å². The minimum atomic E-state index is -0.620. The van der Waals surface area contributed by atoms with Gasteiger partial charge in [0.05, 0.1) is 13.2 Å². The van der Waals surface area contributed by atoms with Crippen LogP contribution in [0, 0.1) is 57.2 Å². The maximum absolute atomic E-state index is 13.7. The van der Waals surface area contributed by atoms with Crippen LogP contribution < -0.4 is 16.0 Å². The summed E-state index contributed by atoms with van der Waals surface area (Å²) in [6.45, 7) is 6.80. The van der Waals surface area contributed by atoms with Gasteiger partial charge in [0, 0.05) is 17.2 Å². The molecule has 0 radical (unpaired) electrons. The Morgan fingerprint density at radius 3 is 2.47 bits per heavy atom. The number of rotatable bonds is 4. The lowest BCUT2D eigenvalue weighted by atomic mass is 9.47. The summed E-state index contributed by atoms with van der Waals surface area (Å²) in [4.78, 5) is 13.7. The number of benzene rings is 1. The van der Waals surface area contributed by atoms with Crippen molar-refractivity contribution in [3.63, 3.8) is 0 Å². The Labute approximate surface area is 253 Å². The number of allylic oxidation sites excluding steroid dienone is 1. The molecule has 0 amide bonds. The van der Waals surface area contributed by atoms with Crippen LogP contribution >= 0.6 is 0 Å². The first kappa shape index (κ1) is 29.2. The van der Waals surface area contributed by atoms with E-state index in [1.807, 2.05) is 13.0 Å². The summed E-state index contributed by atoms with van der Waals surface area (Å²) in [5.41, 5.74) is 9.04. The van der Waals surface area contributed by atoms with E-state index >= 15 is 0 Å². The maximum Gasteiger partial charge on any atom is 0.291 e. The summed E-state index contributed by atoms with van der Waals surface area (Å²) >= 11 is 0. The summed E-state index contributed by atoms with van der Waals surface area (Å²) < 4.78 is 6.31. The number of aliphatic hydroxyl groups excluding tert-OH is 1. The molecule has 43 heavy (non-hydrogen) atoms. The molecule has 0 bridgehead atoms. The number of methoxy groups -OCH3 is 1. The average Bonchev–Trinajstić information content (AvgIpc) is 3.36. The third-order valence-corrected chi connectivity index (χ3v) is 11.8. The fraction of sp³-hybridized carbons (Fsp3) is 0.543. The number of hydrogen-bond donors (Lipinski definition) is 2. The zero-order chi connectivity index (χ0) is 30.7. The van der Waals surface area contributed by atoms with E-state index in [1.165, 1.54) is 5.57 Å². The first-order chi connectivity index (χ1) is 20.6. The summed E-state index contributed by atoms with van der Waals surface area (Å²) in [6.07, 6.45) is 10.4. The van der Waals surface area contributed by atoms with Gasteiger partial charge < -0.3 is 15.6 Å². The summed E-state index contributed by atoms with van der Waals surface area (Å²) in [5.74, 6) is 2.53. The lowest BCUT2D eigenvalue weighted by Gasteiger charge is -2.58. The van der Waals surface area contributed by atoms with Gasteiger partial charge in [-0.25, -0.2) is 0 Å². The molecule has 0 aliphatic heterocycles. The topological polar surface area (TPSA) is 137 Å². The van der Waals surface area contributed by atoms with Crippen molar-refractivity contribution in [1.82, 2.24) is 4.68 Å². The van der Waals surface area contributed by atoms with E-state index in [4.69, 9.17) is 15.6 Å². The summed E-state index contributed by atoms with van der Waals surface area (Å²) in [5, 5.41) is 35.3. The second-order valence-electron chi connectivity index (χ2n) is 13.7. The van der Waals surface area contributed by atoms with Gasteiger partial charge in [-0.3, -0.25) is 4.79 Å². The zero-order valence-electron chi connectivity index (χ0n) is 25.6. The molecular weight excluding hydrogens is 538 g/mol. The Morgan fingerprint density at radius 2 is 1.79 bits per heavy atom. The van der Waals surface area contributed by atoms with E-state index in [0.29, 0.717) is 29.1 Å². The van der Waals surface area contributed by atoms with Gasteiger partial charge >= 0.3 is 0 Å². The molecule has 2 aromatic rings. The van der Waals surface area contributed by atoms with Crippen molar-refractivity contribution in [1.29, 1.82) is 10.5 Å². The van der Waals surface area contributed by atoms with Crippen LogP contribution in [0.2, 0.25) is 0 Å². The fourth-order valence-electron chi connectivity index (χ4n) is 9.60. The highest BCUT2D eigenvalue weighted by atomic mass is 16.5. The molecule has 1 aromatic carbocycles. The molecule has 1 heterocycles. The molecule has 3 fully saturated rings. The molecule has 8 nitrogen and oxygen atoms in total. The molecule has 3 N–H and O–H groups in total. The van der Waals surface area contributed by atoms with Crippen LogP contribution in [0.1, 0.15) is 83.3 Å². The van der Waals surface area contributed by atoms with Crippen LogP contribution in [0.3, 0.4) is 0 Å². The number of fused-ring (bicyclic) bond motifs is 5. The SMILES string of the molecule is COc1ccc(-c2c(C#N)c(N)n(/N=C(\C)[C@H]3CC[C@H]4[C@@H]5CC=C6C[C@@H](O)CC[C@]6(C)[C@H]5CC[C@]34C)c(=O)c2C#N)cc1. The Bertz CT molecular complexity index is 1660. The normalized spacial score (nSPS) is 33.3. The van der Waals surface area contributed by atoms with Gasteiger partial charge in [0.2, 0.25) is 0 Å². The molecule has 0 unspecified atom stereocenters. The average molecular weight is 580 g/mol. The lowest BCUT2D eigenvalue weighted by molar-refractivity contribution is -0.0423. The van der Waals surface area contributed by atoms with Gasteiger partial charge in [0.1, 0.15) is 34.8 Å². The maximum atomic E-state index is 13.7. The molecule has 3 saturated carbocycles. The largest absolute Gasteiger partial charge is 0.497 e. The van der Waals surface area contributed by atoms with Crippen LogP contribution in [-0.2, 0) is 0 Å². The predicted octanol–water partition coefficient (Wildman–Crippen LogP) is 6.01. The van der Waals surface area contributed by atoms with Crippen molar-refractivity contribution < 1.29 is 9.84 Å². The van der Waals surface area contributed by atoms with Crippen molar-refractivity contribution in [2.24, 2.45) is 39.6 Å². The zero-order valence-corrected chi connectivity index (χ0v) is 25.6. The van der Waals surface area contributed by atoms with E-state index in [2.05, 4.69) is 26.0 Å². The van der Waals surface area contributed by atoms with Gasteiger partial charge in [-0.2, -0.15) is 20.3 Å².